The summed E-state index contributed by atoms with van der Waals surface area (Å²) in [6.07, 6.45) is 3.04. The van der Waals surface area contributed by atoms with Gasteiger partial charge in [0.05, 0.1) is 0 Å². The number of aliphatic carboxylic acids is 1. The highest BCUT2D eigenvalue weighted by atomic mass is 16.5. The molecule has 0 amide bonds. The molecule has 1 aliphatic heterocycles. The van der Waals surface area contributed by atoms with Gasteiger partial charge in [-0.15, -0.1) is 0 Å². The summed E-state index contributed by atoms with van der Waals surface area (Å²) in [6.45, 7) is 8.45. The van der Waals surface area contributed by atoms with Crippen molar-refractivity contribution in [3.8, 4) is 0 Å². The van der Waals surface area contributed by atoms with E-state index in [-0.39, 0.29) is 17.2 Å². The zero-order valence-corrected chi connectivity index (χ0v) is 12.3. The summed E-state index contributed by atoms with van der Waals surface area (Å²) in [5, 5.41) is 8.47. The van der Waals surface area contributed by atoms with Crippen molar-refractivity contribution < 1.29 is 19.4 Å². The summed E-state index contributed by atoms with van der Waals surface area (Å²) in [4.78, 5) is 24.2. The molecule has 108 valence electrons. The second-order valence-corrected chi connectivity index (χ2v) is 6.32. The van der Waals surface area contributed by atoms with Crippen LogP contribution in [0, 0.1) is 0 Å². The molecule has 0 spiro atoms. The fourth-order valence-corrected chi connectivity index (χ4v) is 2.71. The van der Waals surface area contributed by atoms with E-state index in [4.69, 9.17) is 9.84 Å². The van der Waals surface area contributed by atoms with Gasteiger partial charge in [0, 0.05) is 36.1 Å². The number of esters is 1. The van der Waals surface area contributed by atoms with Gasteiger partial charge < -0.3 is 9.84 Å². The zero-order valence-electron chi connectivity index (χ0n) is 12.3. The molecule has 5 nitrogen and oxygen atoms in total. The maximum Gasteiger partial charge on any atom is 0.331 e. The minimum atomic E-state index is -1.15. The highest BCUT2D eigenvalue weighted by molar-refractivity contribution is 5.90. The first-order valence-corrected chi connectivity index (χ1v) is 6.40. The highest BCUT2D eigenvalue weighted by Crippen LogP contribution is 2.38. The number of rotatable bonds is 3. The van der Waals surface area contributed by atoms with Crippen LogP contribution in [0.25, 0.3) is 0 Å². The van der Waals surface area contributed by atoms with Gasteiger partial charge in [0.25, 0.3) is 0 Å². The van der Waals surface area contributed by atoms with Gasteiger partial charge in [0.2, 0.25) is 0 Å². The van der Waals surface area contributed by atoms with Gasteiger partial charge in [-0.3, -0.25) is 4.90 Å². The molecule has 0 atom stereocenters. The summed E-state index contributed by atoms with van der Waals surface area (Å²) >= 11 is 0. The largest absolute Gasteiger partial charge is 0.478 e. The van der Waals surface area contributed by atoms with Crippen molar-refractivity contribution in [1.29, 1.82) is 0 Å². The molecule has 5 heteroatoms. The van der Waals surface area contributed by atoms with E-state index in [1.807, 2.05) is 0 Å². The molecule has 0 saturated carbocycles. The van der Waals surface area contributed by atoms with E-state index >= 15 is 0 Å². The molecule has 0 bridgehead atoms. The molecule has 1 rings (SSSR count). The second kappa shape index (κ2) is 5.33. The van der Waals surface area contributed by atoms with Gasteiger partial charge in [-0.2, -0.15) is 0 Å². The summed E-state index contributed by atoms with van der Waals surface area (Å²) in [7, 11) is 2.07. The third-order valence-electron chi connectivity index (χ3n) is 3.92. The molecule has 1 aliphatic rings. The standard InChI is InChI=1S/C14H23NO4/c1-13(2)8-10(9-14(3,4)15(13)5)19-12(18)7-6-11(16)17/h6-7,10H,8-9H2,1-5H3,(H,16,17)/b7-6-. The molecule has 19 heavy (non-hydrogen) atoms. The molecule has 1 heterocycles. The molecule has 0 aliphatic carbocycles. The van der Waals surface area contributed by atoms with E-state index in [1.165, 1.54) is 0 Å². The highest BCUT2D eigenvalue weighted by Gasteiger charge is 2.44. The van der Waals surface area contributed by atoms with Gasteiger partial charge in [0.1, 0.15) is 6.10 Å². The Labute approximate surface area is 114 Å². The monoisotopic (exact) mass is 269 g/mol. The summed E-state index contributed by atoms with van der Waals surface area (Å²) in [5.74, 6) is -1.75. The number of nitrogens with zero attached hydrogens (tertiary/aromatic N) is 1. The molecule has 1 N–H and O–H groups in total. The Morgan fingerprint density at radius 2 is 1.63 bits per heavy atom. The molecule has 0 aromatic carbocycles. The smallest absolute Gasteiger partial charge is 0.331 e. The average Bonchev–Trinajstić information content (AvgIpc) is 2.22. The molecule has 0 aromatic heterocycles. The number of carboxylic acid groups (broad SMARTS) is 1. The van der Waals surface area contributed by atoms with Crippen LogP contribution in [-0.2, 0) is 14.3 Å². The number of carbonyl (C=O) groups is 2. The molecule has 0 aromatic rings. The van der Waals surface area contributed by atoms with Crippen LogP contribution in [0.1, 0.15) is 40.5 Å². The first-order chi connectivity index (χ1) is 8.54. The van der Waals surface area contributed by atoms with Gasteiger partial charge in [-0.25, -0.2) is 9.59 Å². The van der Waals surface area contributed by atoms with Crippen molar-refractivity contribution in [1.82, 2.24) is 4.90 Å². The molecule has 0 radical (unpaired) electrons. The molecular formula is C14H23NO4. The Hall–Kier alpha value is -1.36. The number of likely N-dealkylation sites (tertiary alicyclic amines) is 1. The third-order valence-corrected chi connectivity index (χ3v) is 3.92. The van der Waals surface area contributed by atoms with E-state index < -0.39 is 11.9 Å². The van der Waals surface area contributed by atoms with Gasteiger partial charge in [-0.05, 0) is 34.7 Å². The van der Waals surface area contributed by atoms with Crippen molar-refractivity contribution in [2.24, 2.45) is 0 Å². The van der Waals surface area contributed by atoms with E-state index in [2.05, 4.69) is 39.6 Å². The van der Waals surface area contributed by atoms with Crippen LogP contribution in [0.3, 0.4) is 0 Å². The number of carbonyl (C=O) groups excluding carboxylic acids is 1. The summed E-state index contributed by atoms with van der Waals surface area (Å²) in [6, 6.07) is 0. The lowest BCUT2D eigenvalue weighted by Gasteiger charge is -2.53. The van der Waals surface area contributed by atoms with Gasteiger partial charge >= 0.3 is 11.9 Å². The first-order valence-electron chi connectivity index (χ1n) is 6.40. The van der Waals surface area contributed by atoms with Crippen molar-refractivity contribution in [3.05, 3.63) is 12.2 Å². The predicted octanol–water partition coefficient (Wildman–Crippen LogP) is 1.82. The Morgan fingerprint density at radius 3 is 2.05 bits per heavy atom. The van der Waals surface area contributed by atoms with Crippen molar-refractivity contribution >= 4 is 11.9 Å². The SMILES string of the molecule is CN1C(C)(C)CC(OC(=O)/C=C\C(=O)O)CC1(C)C. The molecular weight excluding hydrogens is 246 g/mol. The van der Waals surface area contributed by atoms with Crippen LogP contribution in [-0.4, -0.2) is 46.2 Å². The van der Waals surface area contributed by atoms with Crippen LogP contribution >= 0.6 is 0 Å². The minimum absolute atomic E-state index is 0.0663. The van der Waals surface area contributed by atoms with Crippen molar-refractivity contribution in [2.45, 2.75) is 57.7 Å². The zero-order chi connectivity index (χ0) is 14.8. The fourth-order valence-electron chi connectivity index (χ4n) is 2.71. The summed E-state index contributed by atoms with van der Waals surface area (Å²) < 4.78 is 5.35. The van der Waals surface area contributed by atoms with Crippen LogP contribution in [0.2, 0.25) is 0 Å². The van der Waals surface area contributed by atoms with Crippen LogP contribution in [0.4, 0.5) is 0 Å². The maximum absolute atomic E-state index is 11.5. The van der Waals surface area contributed by atoms with Gasteiger partial charge in [0.15, 0.2) is 0 Å². The Morgan fingerprint density at radius 1 is 1.16 bits per heavy atom. The Kier molecular flexibility index (Phi) is 4.40. The third kappa shape index (κ3) is 4.06. The van der Waals surface area contributed by atoms with E-state index in [9.17, 15) is 9.59 Å². The van der Waals surface area contributed by atoms with Crippen LogP contribution in [0.15, 0.2) is 12.2 Å². The Balaban J connectivity index is 2.71. The second-order valence-electron chi connectivity index (χ2n) is 6.32. The minimum Gasteiger partial charge on any atom is -0.478 e. The Bertz CT molecular complexity index is 380. The fraction of sp³-hybridized carbons (Fsp3) is 0.714. The lowest BCUT2D eigenvalue weighted by Crippen LogP contribution is -2.60. The molecule has 0 unspecified atom stereocenters. The number of carboxylic acids is 1. The van der Waals surface area contributed by atoms with Crippen LogP contribution in [0.5, 0.6) is 0 Å². The molecule has 1 fully saturated rings. The quantitative estimate of drug-likeness (QED) is 0.625. The number of piperidine rings is 1. The van der Waals surface area contributed by atoms with E-state index in [1.54, 1.807) is 0 Å². The normalized spacial score (nSPS) is 23.4. The van der Waals surface area contributed by atoms with Crippen LogP contribution < -0.4 is 0 Å². The lowest BCUT2D eigenvalue weighted by molar-refractivity contribution is -0.153. The lowest BCUT2D eigenvalue weighted by atomic mass is 9.79. The maximum atomic E-state index is 11.5. The topological polar surface area (TPSA) is 66.8 Å². The van der Waals surface area contributed by atoms with E-state index in [0.717, 1.165) is 25.0 Å². The summed E-state index contributed by atoms with van der Waals surface area (Å²) in [5.41, 5.74) is -0.133. The van der Waals surface area contributed by atoms with Crippen molar-refractivity contribution in [3.63, 3.8) is 0 Å². The van der Waals surface area contributed by atoms with Gasteiger partial charge in [-0.1, -0.05) is 0 Å². The van der Waals surface area contributed by atoms with Crippen molar-refractivity contribution in [2.75, 3.05) is 7.05 Å². The predicted molar refractivity (Wildman–Crippen MR) is 71.8 cm³/mol. The number of hydrogen-bond acceptors (Lipinski definition) is 4. The first kappa shape index (κ1) is 15.7. The number of ether oxygens (including phenoxy) is 1. The van der Waals surface area contributed by atoms with E-state index in [0.29, 0.717) is 0 Å². The average molecular weight is 269 g/mol. The number of hydrogen-bond donors (Lipinski definition) is 1. The molecule has 1 saturated heterocycles.